The zero-order valence-corrected chi connectivity index (χ0v) is 14.0. The van der Waals surface area contributed by atoms with Crippen molar-refractivity contribution in [3.05, 3.63) is 47.3 Å². The van der Waals surface area contributed by atoms with Crippen LogP contribution in [-0.2, 0) is 4.74 Å². The van der Waals surface area contributed by atoms with Crippen molar-refractivity contribution in [2.45, 2.75) is 32.8 Å². The number of anilines is 2. The van der Waals surface area contributed by atoms with Crippen molar-refractivity contribution in [2.24, 2.45) is 0 Å². The van der Waals surface area contributed by atoms with E-state index in [1.54, 1.807) is 12.1 Å². The number of ether oxygens (including phenoxy) is 1. The second-order valence-electron chi connectivity index (χ2n) is 6.03. The molecule has 0 radical (unpaired) electrons. The van der Waals surface area contributed by atoms with Gasteiger partial charge in [-0.3, -0.25) is 4.79 Å². The molecule has 0 aliphatic carbocycles. The average molecular weight is 326 g/mol. The Hall–Kier alpha value is -2.47. The largest absolute Gasteiger partial charge is 0.376 e. The summed E-state index contributed by atoms with van der Waals surface area (Å²) in [5, 5.41) is 6.08. The lowest BCUT2D eigenvalue weighted by Gasteiger charge is -2.12. The lowest BCUT2D eigenvalue weighted by atomic mass is 10.1. The molecule has 2 aromatic rings. The zero-order valence-electron chi connectivity index (χ0n) is 14.0. The fourth-order valence-electron chi connectivity index (χ4n) is 2.76. The molecule has 1 aliphatic heterocycles. The molecule has 1 aliphatic rings. The van der Waals surface area contributed by atoms with E-state index in [1.807, 2.05) is 32.0 Å². The lowest BCUT2D eigenvalue weighted by molar-refractivity contribution is 0.0858. The highest BCUT2D eigenvalue weighted by atomic mass is 16.5. The van der Waals surface area contributed by atoms with Crippen molar-refractivity contribution < 1.29 is 9.53 Å². The van der Waals surface area contributed by atoms with Gasteiger partial charge >= 0.3 is 0 Å². The van der Waals surface area contributed by atoms with Gasteiger partial charge < -0.3 is 15.4 Å². The van der Waals surface area contributed by atoms with Gasteiger partial charge in [0.1, 0.15) is 0 Å². The van der Waals surface area contributed by atoms with Crippen LogP contribution < -0.4 is 10.6 Å². The zero-order chi connectivity index (χ0) is 16.9. The van der Waals surface area contributed by atoms with E-state index < -0.39 is 0 Å². The second kappa shape index (κ2) is 7.40. The van der Waals surface area contributed by atoms with E-state index in [4.69, 9.17) is 4.74 Å². The number of nitrogens with one attached hydrogen (secondary N) is 2. The summed E-state index contributed by atoms with van der Waals surface area (Å²) in [6, 6.07) is 9.23. The van der Waals surface area contributed by atoms with E-state index in [-0.39, 0.29) is 12.0 Å². The van der Waals surface area contributed by atoms with Gasteiger partial charge in [0.05, 0.1) is 6.10 Å². The smallest absolute Gasteiger partial charge is 0.251 e. The number of amides is 1. The van der Waals surface area contributed by atoms with Crippen LogP contribution in [0, 0.1) is 13.8 Å². The first-order valence-electron chi connectivity index (χ1n) is 8.19. The maximum atomic E-state index is 12.3. The molecular formula is C18H22N4O2. The van der Waals surface area contributed by atoms with Gasteiger partial charge in [0.25, 0.3) is 5.91 Å². The minimum absolute atomic E-state index is 0.101. The lowest BCUT2D eigenvalue weighted by Crippen LogP contribution is -2.31. The summed E-state index contributed by atoms with van der Waals surface area (Å²) in [5.74, 6) is 0.430. The Labute approximate surface area is 141 Å². The number of benzene rings is 1. The molecule has 1 atom stereocenters. The summed E-state index contributed by atoms with van der Waals surface area (Å²) < 4.78 is 5.52. The SMILES string of the molecule is Cc1cc(C)nc(Nc2cccc(C(=O)NCC3CCCO3)c2)n1. The molecule has 6 heteroatoms. The van der Waals surface area contributed by atoms with E-state index >= 15 is 0 Å². The van der Waals surface area contributed by atoms with E-state index in [1.165, 1.54) is 0 Å². The fourth-order valence-corrected chi connectivity index (χ4v) is 2.76. The Bertz CT molecular complexity index is 706. The monoisotopic (exact) mass is 326 g/mol. The summed E-state index contributed by atoms with van der Waals surface area (Å²) in [5.41, 5.74) is 3.18. The van der Waals surface area contributed by atoms with Crippen molar-refractivity contribution in [1.29, 1.82) is 0 Å². The first-order valence-corrected chi connectivity index (χ1v) is 8.19. The first-order chi connectivity index (χ1) is 11.6. The van der Waals surface area contributed by atoms with E-state index in [9.17, 15) is 4.79 Å². The summed E-state index contributed by atoms with van der Waals surface area (Å²) in [6.07, 6.45) is 2.21. The molecule has 24 heavy (non-hydrogen) atoms. The van der Waals surface area contributed by atoms with Crippen LogP contribution in [-0.4, -0.2) is 35.1 Å². The average Bonchev–Trinajstić information content (AvgIpc) is 3.05. The van der Waals surface area contributed by atoms with Crippen LogP contribution in [0.2, 0.25) is 0 Å². The van der Waals surface area contributed by atoms with Crippen LogP contribution in [0.25, 0.3) is 0 Å². The van der Waals surface area contributed by atoms with E-state index in [0.717, 1.165) is 36.5 Å². The van der Waals surface area contributed by atoms with Gasteiger partial charge in [0, 0.05) is 35.8 Å². The Morgan fingerprint density at radius 3 is 2.75 bits per heavy atom. The molecule has 3 rings (SSSR count). The third-order valence-electron chi connectivity index (χ3n) is 3.88. The highest BCUT2D eigenvalue weighted by Crippen LogP contribution is 2.16. The number of hydrogen-bond donors (Lipinski definition) is 2. The standard InChI is InChI=1S/C18H22N4O2/c1-12-9-13(2)21-18(20-12)22-15-6-3-5-14(10-15)17(23)19-11-16-7-4-8-24-16/h3,5-6,9-10,16H,4,7-8,11H2,1-2H3,(H,19,23)(H,20,21,22). The van der Waals surface area contributed by atoms with E-state index in [0.29, 0.717) is 18.1 Å². The predicted molar refractivity (Wildman–Crippen MR) is 92.5 cm³/mol. The summed E-state index contributed by atoms with van der Waals surface area (Å²) in [7, 11) is 0. The molecule has 126 valence electrons. The minimum Gasteiger partial charge on any atom is -0.376 e. The van der Waals surface area contributed by atoms with Crippen LogP contribution in [0.3, 0.4) is 0 Å². The van der Waals surface area contributed by atoms with Gasteiger partial charge in [-0.15, -0.1) is 0 Å². The van der Waals surface area contributed by atoms with Gasteiger partial charge in [-0.2, -0.15) is 0 Å². The summed E-state index contributed by atoms with van der Waals surface area (Å²) in [4.78, 5) is 21.0. The van der Waals surface area contributed by atoms with Crippen molar-refractivity contribution in [3.8, 4) is 0 Å². The molecule has 1 saturated heterocycles. The molecule has 2 heterocycles. The minimum atomic E-state index is -0.101. The van der Waals surface area contributed by atoms with Crippen molar-refractivity contribution in [1.82, 2.24) is 15.3 Å². The fraction of sp³-hybridized carbons (Fsp3) is 0.389. The normalized spacial score (nSPS) is 16.8. The van der Waals surface area contributed by atoms with Crippen LogP contribution in [0.5, 0.6) is 0 Å². The molecule has 1 amide bonds. The molecule has 0 bridgehead atoms. The van der Waals surface area contributed by atoms with E-state index in [2.05, 4.69) is 20.6 Å². The number of nitrogens with zero attached hydrogens (tertiary/aromatic N) is 2. The Balaban J connectivity index is 1.65. The molecule has 0 spiro atoms. The second-order valence-corrected chi connectivity index (χ2v) is 6.03. The maximum Gasteiger partial charge on any atom is 0.251 e. The highest BCUT2D eigenvalue weighted by molar-refractivity contribution is 5.95. The molecule has 1 aromatic heterocycles. The predicted octanol–water partition coefficient (Wildman–Crippen LogP) is 2.75. The number of carbonyl (C=O) groups excluding carboxylic acids is 1. The summed E-state index contributed by atoms with van der Waals surface area (Å²) in [6.45, 7) is 5.19. The topological polar surface area (TPSA) is 76.1 Å². The Morgan fingerprint density at radius 2 is 2.04 bits per heavy atom. The molecule has 0 saturated carbocycles. The van der Waals surface area contributed by atoms with Crippen molar-refractivity contribution in [2.75, 3.05) is 18.5 Å². The molecule has 6 nitrogen and oxygen atoms in total. The van der Waals surface area contributed by atoms with Crippen LogP contribution in [0.15, 0.2) is 30.3 Å². The summed E-state index contributed by atoms with van der Waals surface area (Å²) >= 11 is 0. The molecule has 2 N–H and O–H groups in total. The van der Waals surface area contributed by atoms with Crippen LogP contribution >= 0.6 is 0 Å². The van der Waals surface area contributed by atoms with Gasteiger partial charge in [0.2, 0.25) is 5.95 Å². The van der Waals surface area contributed by atoms with Crippen molar-refractivity contribution >= 4 is 17.5 Å². The molecule has 1 unspecified atom stereocenters. The Kier molecular flexibility index (Phi) is 5.05. The van der Waals surface area contributed by atoms with Gasteiger partial charge in [-0.25, -0.2) is 9.97 Å². The Morgan fingerprint density at radius 1 is 1.25 bits per heavy atom. The quantitative estimate of drug-likeness (QED) is 0.883. The van der Waals surface area contributed by atoms with Crippen molar-refractivity contribution in [3.63, 3.8) is 0 Å². The van der Waals surface area contributed by atoms with Crippen LogP contribution in [0.1, 0.15) is 34.6 Å². The third kappa shape index (κ3) is 4.29. The third-order valence-corrected chi connectivity index (χ3v) is 3.88. The number of hydrogen-bond acceptors (Lipinski definition) is 5. The van der Waals surface area contributed by atoms with Gasteiger partial charge in [-0.05, 0) is 51.0 Å². The number of carbonyl (C=O) groups is 1. The first kappa shape index (κ1) is 16.4. The number of aryl methyl sites for hydroxylation is 2. The highest BCUT2D eigenvalue weighted by Gasteiger charge is 2.16. The molecule has 1 aromatic carbocycles. The maximum absolute atomic E-state index is 12.3. The molecule has 1 fully saturated rings. The van der Waals surface area contributed by atoms with Gasteiger partial charge in [0.15, 0.2) is 0 Å². The number of rotatable bonds is 5. The molecular weight excluding hydrogens is 304 g/mol. The van der Waals surface area contributed by atoms with Crippen LogP contribution in [0.4, 0.5) is 11.6 Å². The van der Waals surface area contributed by atoms with Gasteiger partial charge in [-0.1, -0.05) is 6.07 Å². The number of aromatic nitrogens is 2.